The molecule has 0 atom stereocenters. The van der Waals surface area contributed by atoms with Crippen molar-refractivity contribution >= 4 is 7.12 Å². The van der Waals surface area contributed by atoms with Crippen LogP contribution in [0, 0.1) is 0 Å². The summed E-state index contributed by atoms with van der Waals surface area (Å²) in [5, 5.41) is 16.8. The van der Waals surface area contributed by atoms with Crippen LogP contribution >= 0.6 is 0 Å². The van der Waals surface area contributed by atoms with E-state index in [1.807, 2.05) is 0 Å². The number of unbranched alkanes of at least 4 members (excludes halogenated alkanes) is 2. The van der Waals surface area contributed by atoms with E-state index in [4.69, 9.17) is 14.8 Å². The average Bonchev–Trinajstić information content (AvgIpc) is 1.96. The van der Waals surface area contributed by atoms with Crippen molar-refractivity contribution in [2.45, 2.75) is 19.3 Å². The maximum atomic E-state index is 8.40. The van der Waals surface area contributed by atoms with Crippen LogP contribution in [0.2, 0.25) is 0 Å². The molecule has 0 unspecified atom stereocenters. The molecule has 0 rings (SSSR count). The molecule has 64 valence electrons. The molecule has 0 amide bonds. The van der Waals surface area contributed by atoms with Crippen molar-refractivity contribution in [2.24, 2.45) is 0 Å². The normalized spacial score (nSPS) is 10.8. The Morgan fingerprint density at radius 1 is 1.36 bits per heavy atom. The number of rotatable bonds is 6. The molecule has 2 N–H and O–H groups in total. The van der Waals surface area contributed by atoms with Gasteiger partial charge in [-0.15, -0.1) is 0 Å². The van der Waals surface area contributed by atoms with Gasteiger partial charge in [0.05, 0.1) is 0 Å². The minimum atomic E-state index is -1.31. The van der Waals surface area contributed by atoms with Gasteiger partial charge in [0, 0.05) is 13.7 Å². The zero-order valence-electron chi connectivity index (χ0n) is 6.86. The summed E-state index contributed by atoms with van der Waals surface area (Å²) in [5.74, 6) is 1.37. The Morgan fingerprint density at radius 3 is 2.64 bits per heavy atom. The number of hydrogen-bond acceptors (Lipinski definition) is 3. The summed E-state index contributed by atoms with van der Waals surface area (Å²) < 4.78 is 4.85. The topological polar surface area (TPSA) is 49.7 Å². The van der Waals surface area contributed by atoms with Crippen molar-refractivity contribution < 1.29 is 14.8 Å². The molecule has 0 aromatic rings. The standard InChI is InChI=1S/C7H15BO3/c1-11-7-5-3-2-4-6-8(9)10/h4,6,9-10H,2-3,5,7H2,1H3/b6-4+. The molecule has 0 saturated carbocycles. The maximum Gasteiger partial charge on any atom is 0.480 e. The smallest absolute Gasteiger partial charge is 0.424 e. The van der Waals surface area contributed by atoms with Crippen molar-refractivity contribution in [3.05, 3.63) is 12.1 Å². The van der Waals surface area contributed by atoms with E-state index in [1.165, 1.54) is 5.98 Å². The quantitative estimate of drug-likeness (QED) is 0.433. The Bertz CT molecular complexity index is 104. The van der Waals surface area contributed by atoms with Crippen LogP contribution in [0.15, 0.2) is 12.1 Å². The van der Waals surface area contributed by atoms with Crippen LogP contribution in [-0.2, 0) is 4.74 Å². The zero-order valence-corrected chi connectivity index (χ0v) is 6.86. The van der Waals surface area contributed by atoms with Crippen LogP contribution in [0.1, 0.15) is 19.3 Å². The lowest BCUT2D eigenvalue weighted by Gasteiger charge is -1.94. The predicted molar refractivity (Wildman–Crippen MR) is 45.1 cm³/mol. The summed E-state index contributed by atoms with van der Waals surface area (Å²) in [7, 11) is 0.366. The molecular weight excluding hydrogens is 143 g/mol. The molecule has 0 aliphatic heterocycles. The number of allylic oxidation sites excluding steroid dienone is 1. The lowest BCUT2D eigenvalue weighted by molar-refractivity contribution is 0.193. The summed E-state index contributed by atoms with van der Waals surface area (Å²) in [5.41, 5.74) is 0. The van der Waals surface area contributed by atoms with Crippen molar-refractivity contribution in [2.75, 3.05) is 13.7 Å². The molecule has 0 aliphatic rings. The Morgan fingerprint density at radius 2 is 2.09 bits per heavy atom. The molecule has 0 bridgehead atoms. The predicted octanol–water partition coefficient (Wildman–Crippen LogP) is 0.371. The van der Waals surface area contributed by atoms with Gasteiger partial charge in [0.15, 0.2) is 0 Å². The molecule has 3 nitrogen and oxygen atoms in total. The number of ether oxygens (including phenoxy) is 1. The van der Waals surface area contributed by atoms with Gasteiger partial charge in [-0.1, -0.05) is 12.1 Å². The fourth-order valence-electron chi connectivity index (χ4n) is 0.727. The van der Waals surface area contributed by atoms with Crippen LogP contribution in [0.3, 0.4) is 0 Å². The lowest BCUT2D eigenvalue weighted by atomic mass is 9.91. The summed E-state index contributed by atoms with van der Waals surface area (Å²) in [4.78, 5) is 0. The van der Waals surface area contributed by atoms with Gasteiger partial charge in [-0.05, 0) is 19.3 Å². The minimum Gasteiger partial charge on any atom is -0.424 e. The third-order valence-corrected chi connectivity index (χ3v) is 1.28. The second kappa shape index (κ2) is 7.79. The van der Waals surface area contributed by atoms with Gasteiger partial charge in [0.1, 0.15) is 0 Å². The van der Waals surface area contributed by atoms with E-state index in [1.54, 1.807) is 13.2 Å². The first-order valence-electron chi connectivity index (χ1n) is 3.79. The van der Waals surface area contributed by atoms with E-state index < -0.39 is 7.12 Å². The monoisotopic (exact) mass is 158 g/mol. The highest BCUT2D eigenvalue weighted by Crippen LogP contribution is 1.96. The molecule has 4 heteroatoms. The minimum absolute atomic E-state index is 0.773. The Labute approximate surface area is 67.8 Å². The summed E-state index contributed by atoms with van der Waals surface area (Å²) >= 11 is 0. The summed E-state index contributed by atoms with van der Waals surface area (Å²) in [6, 6.07) is 0. The highest BCUT2D eigenvalue weighted by atomic mass is 16.5. The van der Waals surface area contributed by atoms with Crippen LogP contribution in [-0.4, -0.2) is 30.9 Å². The van der Waals surface area contributed by atoms with Gasteiger partial charge in [-0.3, -0.25) is 0 Å². The Balaban J connectivity index is 3.01. The molecule has 0 aliphatic carbocycles. The molecule has 0 fully saturated rings. The van der Waals surface area contributed by atoms with E-state index in [9.17, 15) is 0 Å². The third-order valence-electron chi connectivity index (χ3n) is 1.28. The fraction of sp³-hybridized carbons (Fsp3) is 0.714. The number of methoxy groups -OCH3 is 1. The second-order valence-electron chi connectivity index (χ2n) is 2.33. The molecule has 0 aromatic heterocycles. The fourth-order valence-corrected chi connectivity index (χ4v) is 0.727. The van der Waals surface area contributed by atoms with Gasteiger partial charge >= 0.3 is 7.12 Å². The summed E-state index contributed by atoms with van der Waals surface area (Å²) in [6.07, 6.45) is 4.68. The molecule has 0 aromatic carbocycles. The first-order chi connectivity index (χ1) is 5.27. The molecule has 0 heterocycles. The van der Waals surface area contributed by atoms with Crippen molar-refractivity contribution in [1.82, 2.24) is 0 Å². The molecule has 0 saturated heterocycles. The van der Waals surface area contributed by atoms with Crippen LogP contribution in [0.4, 0.5) is 0 Å². The SMILES string of the molecule is COCCCC/C=C/B(O)O. The second-order valence-corrected chi connectivity index (χ2v) is 2.33. The van der Waals surface area contributed by atoms with Crippen LogP contribution < -0.4 is 0 Å². The maximum absolute atomic E-state index is 8.40. The molecular formula is C7H15BO3. The van der Waals surface area contributed by atoms with Crippen molar-refractivity contribution in [3.63, 3.8) is 0 Å². The summed E-state index contributed by atoms with van der Waals surface area (Å²) in [6.45, 7) is 0.773. The average molecular weight is 158 g/mol. The van der Waals surface area contributed by atoms with Gasteiger partial charge < -0.3 is 14.8 Å². The van der Waals surface area contributed by atoms with E-state index in [0.29, 0.717) is 0 Å². The van der Waals surface area contributed by atoms with Gasteiger partial charge in [-0.25, -0.2) is 0 Å². The van der Waals surface area contributed by atoms with Gasteiger partial charge in [0.25, 0.3) is 0 Å². The molecule has 0 radical (unpaired) electrons. The Hall–Kier alpha value is -0.315. The third kappa shape index (κ3) is 9.68. The van der Waals surface area contributed by atoms with Crippen LogP contribution in [0.5, 0.6) is 0 Å². The lowest BCUT2D eigenvalue weighted by Crippen LogP contribution is -2.05. The number of hydrogen-bond donors (Lipinski definition) is 2. The van der Waals surface area contributed by atoms with Crippen LogP contribution in [0.25, 0.3) is 0 Å². The van der Waals surface area contributed by atoms with E-state index >= 15 is 0 Å². The largest absolute Gasteiger partial charge is 0.480 e. The first kappa shape index (κ1) is 10.7. The van der Waals surface area contributed by atoms with E-state index in [-0.39, 0.29) is 0 Å². The highest BCUT2D eigenvalue weighted by Gasteiger charge is 1.96. The van der Waals surface area contributed by atoms with E-state index in [0.717, 1.165) is 25.9 Å². The highest BCUT2D eigenvalue weighted by molar-refractivity contribution is 6.47. The first-order valence-corrected chi connectivity index (χ1v) is 3.79. The Kier molecular flexibility index (Phi) is 7.57. The zero-order chi connectivity index (χ0) is 8.53. The van der Waals surface area contributed by atoms with Gasteiger partial charge in [-0.2, -0.15) is 0 Å². The van der Waals surface area contributed by atoms with E-state index in [2.05, 4.69) is 0 Å². The van der Waals surface area contributed by atoms with Gasteiger partial charge in [0.2, 0.25) is 0 Å². The van der Waals surface area contributed by atoms with Crippen molar-refractivity contribution in [1.29, 1.82) is 0 Å². The molecule has 11 heavy (non-hydrogen) atoms. The van der Waals surface area contributed by atoms with Crippen molar-refractivity contribution in [3.8, 4) is 0 Å². The molecule has 0 spiro atoms.